The molecule has 5 nitrogen and oxygen atoms in total. The van der Waals surface area contributed by atoms with Crippen LogP contribution in [0.3, 0.4) is 0 Å². The summed E-state index contributed by atoms with van der Waals surface area (Å²) in [5.74, 6) is 0.680. The van der Waals surface area contributed by atoms with E-state index in [0.717, 1.165) is 28.7 Å². The van der Waals surface area contributed by atoms with Crippen molar-refractivity contribution >= 4 is 17.7 Å². The van der Waals surface area contributed by atoms with E-state index in [9.17, 15) is 0 Å². The second-order valence-corrected chi connectivity index (χ2v) is 4.99. The Hall–Kier alpha value is -1.56. The topological polar surface area (TPSA) is 55.6 Å². The molecule has 0 aliphatic rings. The summed E-state index contributed by atoms with van der Waals surface area (Å²) < 4.78 is 1.98. The molecule has 18 heavy (non-hydrogen) atoms. The van der Waals surface area contributed by atoms with Crippen molar-refractivity contribution in [2.75, 3.05) is 11.9 Å². The fraction of sp³-hybridized carbons (Fsp3) is 0.417. The van der Waals surface area contributed by atoms with E-state index in [1.54, 1.807) is 18.0 Å². The van der Waals surface area contributed by atoms with Gasteiger partial charge in [0, 0.05) is 37.7 Å². The van der Waals surface area contributed by atoms with E-state index < -0.39 is 0 Å². The highest BCUT2D eigenvalue weighted by Gasteiger charge is 2.08. The monoisotopic (exact) mass is 263 g/mol. The van der Waals surface area contributed by atoms with E-state index in [1.807, 2.05) is 30.9 Å². The number of aromatic nitrogens is 4. The zero-order valence-electron chi connectivity index (χ0n) is 10.8. The van der Waals surface area contributed by atoms with E-state index >= 15 is 0 Å². The second-order valence-electron chi connectivity index (χ2n) is 4.03. The SMILES string of the molecule is CCCNc1ncc(C)c(Sc2nccn2C)n1. The first-order valence-corrected chi connectivity index (χ1v) is 6.75. The van der Waals surface area contributed by atoms with Crippen LogP contribution in [0.2, 0.25) is 0 Å². The summed E-state index contributed by atoms with van der Waals surface area (Å²) in [5.41, 5.74) is 1.06. The van der Waals surface area contributed by atoms with Crippen molar-refractivity contribution in [3.8, 4) is 0 Å². The molecule has 0 amide bonds. The summed E-state index contributed by atoms with van der Waals surface area (Å²) in [6, 6.07) is 0. The highest BCUT2D eigenvalue weighted by atomic mass is 32.2. The highest BCUT2D eigenvalue weighted by molar-refractivity contribution is 7.99. The maximum atomic E-state index is 4.51. The van der Waals surface area contributed by atoms with Gasteiger partial charge < -0.3 is 9.88 Å². The van der Waals surface area contributed by atoms with Crippen LogP contribution in [0.5, 0.6) is 0 Å². The highest BCUT2D eigenvalue weighted by Crippen LogP contribution is 2.27. The molecule has 0 fully saturated rings. The van der Waals surface area contributed by atoms with Crippen LogP contribution in [-0.2, 0) is 7.05 Å². The van der Waals surface area contributed by atoms with E-state index in [1.165, 1.54) is 0 Å². The quantitative estimate of drug-likeness (QED) is 0.840. The Morgan fingerprint density at radius 2 is 2.22 bits per heavy atom. The molecule has 0 atom stereocenters. The fourth-order valence-corrected chi connectivity index (χ4v) is 2.23. The Labute approximate surface area is 111 Å². The van der Waals surface area contributed by atoms with E-state index in [2.05, 4.69) is 27.2 Å². The third kappa shape index (κ3) is 3.01. The van der Waals surface area contributed by atoms with Crippen molar-refractivity contribution in [2.24, 2.45) is 7.05 Å². The Morgan fingerprint density at radius 1 is 1.39 bits per heavy atom. The fourth-order valence-electron chi connectivity index (χ4n) is 1.39. The first-order valence-electron chi connectivity index (χ1n) is 5.93. The average molecular weight is 263 g/mol. The van der Waals surface area contributed by atoms with Crippen molar-refractivity contribution < 1.29 is 0 Å². The number of hydrogen-bond donors (Lipinski definition) is 1. The van der Waals surface area contributed by atoms with Crippen molar-refractivity contribution in [1.82, 2.24) is 19.5 Å². The Balaban J connectivity index is 2.18. The number of hydrogen-bond acceptors (Lipinski definition) is 5. The molecule has 0 aliphatic heterocycles. The van der Waals surface area contributed by atoms with Crippen molar-refractivity contribution in [1.29, 1.82) is 0 Å². The lowest BCUT2D eigenvalue weighted by molar-refractivity contribution is 0.787. The van der Waals surface area contributed by atoms with Crippen LogP contribution in [0.4, 0.5) is 5.95 Å². The molecule has 2 aromatic rings. The Kier molecular flexibility index (Phi) is 4.19. The lowest BCUT2D eigenvalue weighted by Gasteiger charge is -2.07. The van der Waals surface area contributed by atoms with Gasteiger partial charge in [0.2, 0.25) is 5.95 Å². The number of anilines is 1. The van der Waals surface area contributed by atoms with Crippen molar-refractivity contribution in [3.05, 3.63) is 24.2 Å². The summed E-state index contributed by atoms with van der Waals surface area (Å²) in [5, 5.41) is 5.06. The van der Waals surface area contributed by atoms with Gasteiger partial charge in [0.1, 0.15) is 5.03 Å². The zero-order chi connectivity index (χ0) is 13.0. The van der Waals surface area contributed by atoms with Gasteiger partial charge >= 0.3 is 0 Å². The molecule has 2 aromatic heterocycles. The number of aryl methyl sites for hydroxylation is 2. The standard InChI is InChI=1S/C12H17N5S/c1-4-5-13-11-15-8-9(2)10(16-11)18-12-14-6-7-17(12)3/h6-8H,4-5H2,1-3H3,(H,13,15,16). The molecule has 1 N–H and O–H groups in total. The Morgan fingerprint density at radius 3 is 2.89 bits per heavy atom. The first kappa shape index (κ1) is 12.9. The van der Waals surface area contributed by atoms with Crippen LogP contribution in [0.15, 0.2) is 28.8 Å². The van der Waals surface area contributed by atoms with Gasteiger partial charge in [0.05, 0.1) is 0 Å². The van der Waals surface area contributed by atoms with Crippen molar-refractivity contribution in [2.45, 2.75) is 30.5 Å². The summed E-state index contributed by atoms with van der Waals surface area (Å²) in [6.45, 7) is 5.01. The molecule has 2 rings (SSSR count). The molecule has 2 heterocycles. The molecule has 0 aromatic carbocycles. The van der Waals surface area contributed by atoms with Gasteiger partial charge in [-0.05, 0) is 25.1 Å². The maximum absolute atomic E-state index is 4.51. The molecule has 0 unspecified atom stereocenters. The number of nitrogens with one attached hydrogen (secondary N) is 1. The molecule has 0 radical (unpaired) electrons. The normalized spacial score (nSPS) is 10.6. The molecule has 0 saturated carbocycles. The summed E-state index contributed by atoms with van der Waals surface area (Å²) in [6.07, 6.45) is 6.61. The van der Waals surface area contributed by atoms with Crippen LogP contribution in [0.25, 0.3) is 0 Å². The lowest BCUT2D eigenvalue weighted by Crippen LogP contribution is -2.05. The van der Waals surface area contributed by atoms with Crippen molar-refractivity contribution in [3.63, 3.8) is 0 Å². The maximum Gasteiger partial charge on any atom is 0.223 e. The van der Waals surface area contributed by atoms with Gasteiger partial charge in [0.25, 0.3) is 0 Å². The van der Waals surface area contributed by atoms with Gasteiger partial charge in [-0.1, -0.05) is 6.92 Å². The summed E-state index contributed by atoms with van der Waals surface area (Å²) >= 11 is 1.56. The summed E-state index contributed by atoms with van der Waals surface area (Å²) in [4.78, 5) is 13.1. The molecule has 0 spiro atoms. The smallest absolute Gasteiger partial charge is 0.223 e. The van der Waals surface area contributed by atoms with Gasteiger partial charge in [-0.25, -0.2) is 15.0 Å². The summed E-state index contributed by atoms with van der Waals surface area (Å²) in [7, 11) is 1.97. The first-order chi connectivity index (χ1) is 8.70. The van der Waals surface area contributed by atoms with Gasteiger partial charge in [-0.2, -0.15) is 0 Å². The van der Waals surface area contributed by atoms with E-state index in [4.69, 9.17) is 0 Å². The largest absolute Gasteiger partial charge is 0.354 e. The molecule has 6 heteroatoms. The molecule has 0 bridgehead atoms. The molecular weight excluding hydrogens is 246 g/mol. The number of rotatable bonds is 5. The van der Waals surface area contributed by atoms with Crippen LogP contribution in [-0.4, -0.2) is 26.1 Å². The van der Waals surface area contributed by atoms with Crippen LogP contribution >= 0.6 is 11.8 Å². The third-order valence-electron chi connectivity index (χ3n) is 2.42. The minimum Gasteiger partial charge on any atom is -0.354 e. The van der Waals surface area contributed by atoms with Crippen LogP contribution in [0.1, 0.15) is 18.9 Å². The van der Waals surface area contributed by atoms with Gasteiger partial charge in [0.15, 0.2) is 5.16 Å². The van der Waals surface area contributed by atoms with Crippen LogP contribution < -0.4 is 5.32 Å². The predicted octanol–water partition coefficient (Wildman–Crippen LogP) is 2.49. The zero-order valence-corrected chi connectivity index (χ0v) is 11.7. The minimum atomic E-state index is 0.680. The van der Waals surface area contributed by atoms with Gasteiger partial charge in [-0.3, -0.25) is 0 Å². The predicted molar refractivity (Wildman–Crippen MR) is 72.9 cm³/mol. The average Bonchev–Trinajstić information content (AvgIpc) is 2.76. The van der Waals surface area contributed by atoms with E-state index in [0.29, 0.717) is 5.95 Å². The molecular formula is C12H17N5S. The van der Waals surface area contributed by atoms with Gasteiger partial charge in [-0.15, -0.1) is 0 Å². The third-order valence-corrected chi connectivity index (χ3v) is 3.61. The molecule has 0 saturated heterocycles. The lowest BCUT2D eigenvalue weighted by atomic mass is 10.4. The Bertz CT molecular complexity index is 523. The molecule has 0 aliphatic carbocycles. The van der Waals surface area contributed by atoms with E-state index in [-0.39, 0.29) is 0 Å². The second kappa shape index (κ2) is 5.86. The molecule has 96 valence electrons. The minimum absolute atomic E-state index is 0.680. The van der Waals surface area contributed by atoms with Crippen LogP contribution in [0, 0.1) is 6.92 Å². The number of nitrogens with zero attached hydrogens (tertiary/aromatic N) is 4. The number of imidazole rings is 1.